The van der Waals surface area contributed by atoms with Gasteiger partial charge in [-0.1, -0.05) is 12.2 Å². The first kappa shape index (κ1) is 7.77. The van der Waals surface area contributed by atoms with Crippen LogP contribution in [-0.2, 0) is 0 Å². The zero-order chi connectivity index (χ0) is 7.56. The predicted molar refractivity (Wildman–Crippen MR) is 45.1 cm³/mol. The number of carbonyl (C=O) groups excluding carboxylic acids is 1. The molecule has 1 heterocycles. The molecule has 0 bridgehead atoms. The lowest BCUT2D eigenvalue weighted by Crippen LogP contribution is -2.22. The van der Waals surface area contributed by atoms with Crippen LogP contribution in [0.25, 0.3) is 0 Å². The van der Waals surface area contributed by atoms with E-state index >= 15 is 0 Å². The lowest BCUT2D eigenvalue weighted by Gasteiger charge is -1.87. The van der Waals surface area contributed by atoms with E-state index in [1.54, 1.807) is 0 Å². The van der Waals surface area contributed by atoms with Crippen LogP contribution in [0.15, 0.2) is 4.40 Å². The average Bonchev–Trinajstić information content (AvgIpc) is 2.13. The van der Waals surface area contributed by atoms with Gasteiger partial charge in [0.15, 0.2) is 10.8 Å². The van der Waals surface area contributed by atoms with Crippen molar-refractivity contribution in [1.82, 2.24) is 10.6 Å². The van der Waals surface area contributed by atoms with Crippen molar-refractivity contribution in [2.24, 2.45) is 4.40 Å². The Bertz CT molecular complexity index is 216. The number of thiocarbonyl (C=S) groups is 1. The maximum Gasteiger partial charge on any atom is 0.325 e. The predicted octanol–water partition coefficient (Wildman–Crippen LogP) is 0.827. The van der Waals surface area contributed by atoms with Gasteiger partial charge in [-0.3, -0.25) is 10.6 Å². The molecule has 54 valence electrons. The Labute approximate surface area is 71.0 Å². The number of nitrogens with zero attached hydrogens (tertiary/aromatic N) is 1. The fraction of sp³-hybridized carbons (Fsp3) is 0. The molecule has 0 aliphatic carbocycles. The minimum absolute atomic E-state index is 0.276. The Hall–Kier alpha value is -0.330. The molecule has 0 aromatic carbocycles. The van der Waals surface area contributed by atoms with Crippen molar-refractivity contribution in [3.05, 3.63) is 0 Å². The van der Waals surface area contributed by atoms with E-state index in [2.05, 4.69) is 27.2 Å². The zero-order valence-electron chi connectivity index (χ0n) is 4.55. The molecule has 0 saturated carbocycles. The van der Waals surface area contributed by atoms with Crippen LogP contribution in [0.5, 0.6) is 0 Å². The van der Waals surface area contributed by atoms with Gasteiger partial charge in [0.25, 0.3) is 0 Å². The number of nitrogens with one attached hydrogen (secondary N) is 2. The first-order chi connectivity index (χ1) is 4.74. The molecule has 1 aliphatic rings. The van der Waals surface area contributed by atoms with E-state index in [1.807, 2.05) is 0 Å². The molecule has 0 atom stereocenters. The van der Waals surface area contributed by atoms with E-state index in [0.717, 1.165) is 11.2 Å². The van der Waals surface area contributed by atoms with Crippen LogP contribution < -0.4 is 10.6 Å². The number of carbonyl (C=O) groups is 1. The van der Waals surface area contributed by atoms with Gasteiger partial charge in [-0.15, -0.1) is 0 Å². The highest BCUT2D eigenvalue weighted by atomic mass is 35.7. The summed E-state index contributed by atoms with van der Waals surface area (Å²) in [5, 5.41) is 4.69. The third-order valence-electron chi connectivity index (χ3n) is 0.800. The van der Waals surface area contributed by atoms with E-state index < -0.39 is 0 Å². The average molecular weight is 196 g/mol. The molecular formula is C3H2ClN3OS2. The van der Waals surface area contributed by atoms with Crippen LogP contribution in [0.2, 0.25) is 0 Å². The van der Waals surface area contributed by atoms with Crippen LogP contribution in [0.4, 0.5) is 4.79 Å². The molecule has 0 unspecified atom stereocenters. The second-order valence-electron chi connectivity index (χ2n) is 1.42. The second-order valence-corrected chi connectivity index (χ2v) is 2.56. The summed E-state index contributed by atoms with van der Waals surface area (Å²) in [7, 11) is 5.19. The molecule has 1 aliphatic heterocycles. The number of halogens is 1. The first-order valence-corrected chi connectivity index (χ1v) is 4.23. The van der Waals surface area contributed by atoms with Crippen molar-refractivity contribution in [2.75, 3.05) is 0 Å². The normalized spacial score (nSPS) is 21.1. The molecular weight excluding hydrogens is 194 g/mol. The number of hydrogen-bond donors (Lipinski definition) is 2. The van der Waals surface area contributed by atoms with Crippen LogP contribution in [0.1, 0.15) is 0 Å². The molecule has 1 fully saturated rings. The molecule has 0 radical (unpaired) electrons. The van der Waals surface area contributed by atoms with E-state index in [9.17, 15) is 4.79 Å². The Morgan fingerprint density at radius 3 is 2.70 bits per heavy atom. The van der Waals surface area contributed by atoms with Gasteiger partial charge < -0.3 is 0 Å². The van der Waals surface area contributed by atoms with Crippen molar-refractivity contribution in [2.45, 2.75) is 0 Å². The summed E-state index contributed by atoms with van der Waals surface area (Å²) < 4.78 is 3.62. The number of amidine groups is 1. The molecule has 1 saturated heterocycles. The maximum atomic E-state index is 10.5. The molecule has 0 spiro atoms. The van der Waals surface area contributed by atoms with Gasteiger partial charge in [-0.05, 0) is 10.7 Å². The molecule has 0 aromatic rings. The number of hydrogen-bond acceptors (Lipinski definition) is 4. The summed E-state index contributed by atoms with van der Waals surface area (Å²) in [6.45, 7) is 0. The largest absolute Gasteiger partial charge is 0.325 e. The summed E-state index contributed by atoms with van der Waals surface area (Å²) >= 11 is 5.41. The molecule has 2 amide bonds. The van der Waals surface area contributed by atoms with Crippen LogP contribution in [0, 0.1) is 0 Å². The minimum Gasteiger partial charge on any atom is -0.295 e. The number of rotatable bonds is 1. The van der Waals surface area contributed by atoms with E-state index in [0.29, 0.717) is 5.84 Å². The summed E-state index contributed by atoms with van der Waals surface area (Å²) in [6.07, 6.45) is 0. The Morgan fingerprint density at radius 1 is 1.60 bits per heavy atom. The highest BCUT2D eigenvalue weighted by molar-refractivity contribution is 8.20. The Morgan fingerprint density at radius 2 is 2.30 bits per heavy atom. The highest BCUT2D eigenvalue weighted by Gasteiger charge is 2.20. The van der Waals surface area contributed by atoms with Gasteiger partial charge in [-0.25, -0.2) is 4.79 Å². The van der Waals surface area contributed by atoms with Crippen LogP contribution in [-0.4, -0.2) is 16.9 Å². The summed E-state index contributed by atoms with van der Waals surface area (Å²) in [4.78, 5) is 10.8. The highest BCUT2D eigenvalue weighted by Crippen LogP contribution is 2.07. The summed E-state index contributed by atoms with van der Waals surface area (Å²) in [6, 6.07) is -0.366. The Kier molecular flexibility index (Phi) is 2.47. The van der Waals surface area contributed by atoms with Crippen LogP contribution in [0.3, 0.4) is 0 Å². The number of urea groups is 1. The topological polar surface area (TPSA) is 53.5 Å². The maximum absolute atomic E-state index is 10.5. The van der Waals surface area contributed by atoms with Crippen molar-refractivity contribution in [1.29, 1.82) is 0 Å². The molecule has 4 nitrogen and oxygen atoms in total. The van der Waals surface area contributed by atoms with Crippen LogP contribution >= 0.6 is 34.1 Å². The lowest BCUT2D eigenvalue weighted by atomic mass is 10.6. The quantitative estimate of drug-likeness (QED) is 0.481. The van der Waals surface area contributed by atoms with Crippen molar-refractivity contribution < 1.29 is 4.79 Å². The summed E-state index contributed by atoms with van der Waals surface area (Å²) in [5.41, 5.74) is 0. The molecule has 2 N–H and O–H groups in total. The summed E-state index contributed by atoms with van der Waals surface area (Å²) in [5.74, 6) is 0.306. The minimum atomic E-state index is -0.366. The number of amides is 2. The van der Waals surface area contributed by atoms with E-state index in [-0.39, 0.29) is 11.0 Å². The monoisotopic (exact) mass is 195 g/mol. The van der Waals surface area contributed by atoms with E-state index in [1.165, 1.54) is 0 Å². The van der Waals surface area contributed by atoms with Crippen molar-refractivity contribution in [3.63, 3.8) is 0 Å². The molecule has 0 aromatic heterocycles. The SMILES string of the molecule is O=C1NC(=S)C(=NSCl)N1. The fourth-order valence-corrected chi connectivity index (χ4v) is 1.12. The Balaban J connectivity index is 2.72. The molecule has 1 rings (SSSR count). The smallest absolute Gasteiger partial charge is 0.295 e. The third-order valence-corrected chi connectivity index (χ3v) is 1.55. The first-order valence-electron chi connectivity index (χ1n) is 2.22. The van der Waals surface area contributed by atoms with Gasteiger partial charge in [0.05, 0.1) is 11.2 Å². The molecule has 7 heteroatoms. The van der Waals surface area contributed by atoms with Gasteiger partial charge in [-0.2, -0.15) is 4.40 Å². The standard InChI is InChI=1S/C3H2ClN3OS2/c4-10-7-1-2(9)6-3(8)5-1/h(H2,5,6,7,8,9). The molecule has 10 heavy (non-hydrogen) atoms. The van der Waals surface area contributed by atoms with Crippen molar-refractivity contribution >= 4 is 50.9 Å². The van der Waals surface area contributed by atoms with Gasteiger partial charge in [0, 0.05) is 0 Å². The zero-order valence-corrected chi connectivity index (χ0v) is 6.94. The van der Waals surface area contributed by atoms with Gasteiger partial charge in [0.1, 0.15) is 0 Å². The lowest BCUT2D eigenvalue weighted by molar-refractivity contribution is 0.251. The third kappa shape index (κ3) is 1.59. The van der Waals surface area contributed by atoms with Gasteiger partial charge >= 0.3 is 6.03 Å². The fourth-order valence-electron chi connectivity index (χ4n) is 0.457. The second kappa shape index (κ2) is 3.18. The van der Waals surface area contributed by atoms with Crippen molar-refractivity contribution in [3.8, 4) is 0 Å². The van der Waals surface area contributed by atoms with E-state index in [4.69, 9.17) is 10.7 Å². The van der Waals surface area contributed by atoms with Gasteiger partial charge in [0.2, 0.25) is 0 Å².